The summed E-state index contributed by atoms with van der Waals surface area (Å²) in [5.41, 5.74) is 6.86. The molecule has 0 aliphatic carbocycles. The van der Waals surface area contributed by atoms with Crippen molar-refractivity contribution in [3.63, 3.8) is 0 Å². The lowest BCUT2D eigenvalue weighted by Crippen LogP contribution is -2.42. The Kier molecular flexibility index (Phi) is 5.11. The van der Waals surface area contributed by atoms with Crippen molar-refractivity contribution in [1.82, 2.24) is 4.90 Å². The van der Waals surface area contributed by atoms with E-state index in [9.17, 15) is 17.6 Å². The Morgan fingerprint density at radius 1 is 1.29 bits per heavy atom. The first-order valence-corrected chi connectivity index (χ1v) is 7.13. The van der Waals surface area contributed by atoms with E-state index in [-0.39, 0.29) is 17.0 Å². The summed E-state index contributed by atoms with van der Waals surface area (Å²) in [5.74, 6) is -0.427. The predicted octanol–water partition coefficient (Wildman–Crippen LogP) is 3.75. The van der Waals surface area contributed by atoms with E-state index in [2.05, 4.69) is 0 Å². The molecular weight excluding hydrogens is 308 g/mol. The fourth-order valence-electron chi connectivity index (χ4n) is 2.72. The largest absolute Gasteiger partial charge is 0.401 e. The van der Waals surface area contributed by atoms with Gasteiger partial charge >= 0.3 is 6.18 Å². The van der Waals surface area contributed by atoms with Gasteiger partial charge in [-0.3, -0.25) is 4.90 Å². The quantitative estimate of drug-likeness (QED) is 0.858. The average molecular weight is 325 g/mol. The van der Waals surface area contributed by atoms with Crippen LogP contribution in [0.4, 0.5) is 17.6 Å². The molecule has 1 unspecified atom stereocenters. The van der Waals surface area contributed by atoms with Crippen LogP contribution in [0, 0.1) is 11.7 Å². The number of halogens is 5. The van der Waals surface area contributed by atoms with Crippen LogP contribution in [-0.4, -0.2) is 30.7 Å². The van der Waals surface area contributed by atoms with Crippen LogP contribution in [0.2, 0.25) is 5.02 Å². The minimum absolute atomic E-state index is 0.0115. The van der Waals surface area contributed by atoms with E-state index in [0.717, 1.165) is 5.56 Å². The summed E-state index contributed by atoms with van der Waals surface area (Å²) in [6.45, 7) is -0.142. The number of likely N-dealkylation sites (tertiary alicyclic amines) is 1. The minimum atomic E-state index is -4.17. The van der Waals surface area contributed by atoms with Crippen LogP contribution in [0.15, 0.2) is 18.2 Å². The van der Waals surface area contributed by atoms with Gasteiger partial charge in [0.1, 0.15) is 5.82 Å². The molecule has 1 atom stereocenters. The molecule has 0 bridgehead atoms. The molecule has 2 nitrogen and oxygen atoms in total. The highest BCUT2D eigenvalue weighted by Gasteiger charge is 2.33. The normalized spacial score (nSPS) is 19.7. The monoisotopic (exact) mass is 324 g/mol. The second-order valence-electron chi connectivity index (χ2n) is 5.43. The summed E-state index contributed by atoms with van der Waals surface area (Å²) in [5, 5.41) is 0.0115. The third kappa shape index (κ3) is 4.56. The van der Waals surface area contributed by atoms with Gasteiger partial charge in [-0.1, -0.05) is 17.7 Å². The molecule has 0 aromatic heterocycles. The fraction of sp³-hybridized carbons (Fsp3) is 0.571. The number of benzene rings is 1. The van der Waals surface area contributed by atoms with Crippen LogP contribution in [0.5, 0.6) is 0 Å². The number of alkyl halides is 3. The molecule has 0 spiro atoms. The van der Waals surface area contributed by atoms with Crippen molar-refractivity contribution in [3.8, 4) is 0 Å². The molecule has 1 saturated heterocycles. The Morgan fingerprint density at radius 3 is 2.43 bits per heavy atom. The smallest absolute Gasteiger partial charge is 0.324 e. The molecule has 0 saturated carbocycles. The average Bonchev–Trinajstić information content (AvgIpc) is 2.40. The molecule has 1 aliphatic rings. The van der Waals surface area contributed by atoms with Gasteiger partial charge in [-0.15, -0.1) is 0 Å². The number of rotatable bonds is 3. The second kappa shape index (κ2) is 6.50. The van der Waals surface area contributed by atoms with Gasteiger partial charge in [-0.2, -0.15) is 13.2 Å². The third-order valence-corrected chi connectivity index (χ3v) is 4.16. The molecule has 2 rings (SSSR count). The Hall–Kier alpha value is -0.850. The van der Waals surface area contributed by atoms with E-state index in [4.69, 9.17) is 17.3 Å². The van der Waals surface area contributed by atoms with Gasteiger partial charge in [0.25, 0.3) is 0 Å². The van der Waals surface area contributed by atoms with Gasteiger partial charge in [0.15, 0.2) is 0 Å². The first-order chi connectivity index (χ1) is 9.76. The highest BCUT2D eigenvalue weighted by atomic mass is 35.5. The minimum Gasteiger partial charge on any atom is -0.324 e. The van der Waals surface area contributed by atoms with Crippen LogP contribution in [0.1, 0.15) is 24.4 Å². The van der Waals surface area contributed by atoms with Gasteiger partial charge in [0.05, 0.1) is 11.6 Å². The maximum atomic E-state index is 13.1. The van der Waals surface area contributed by atoms with E-state index >= 15 is 0 Å². The zero-order valence-corrected chi connectivity index (χ0v) is 12.1. The van der Waals surface area contributed by atoms with E-state index in [1.807, 2.05) is 0 Å². The van der Waals surface area contributed by atoms with Crippen molar-refractivity contribution in [2.75, 3.05) is 19.6 Å². The van der Waals surface area contributed by atoms with Crippen molar-refractivity contribution in [3.05, 3.63) is 34.6 Å². The molecule has 21 heavy (non-hydrogen) atoms. The van der Waals surface area contributed by atoms with Crippen molar-refractivity contribution < 1.29 is 17.6 Å². The molecule has 7 heteroatoms. The van der Waals surface area contributed by atoms with E-state index < -0.39 is 18.5 Å². The molecule has 0 amide bonds. The van der Waals surface area contributed by atoms with Gasteiger partial charge < -0.3 is 5.73 Å². The number of piperidine rings is 1. The topological polar surface area (TPSA) is 29.3 Å². The van der Waals surface area contributed by atoms with Crippen LogP contribution in [0.3, 0.4) is 0 Å². The summed E-state index contributed by atoms with van der Waals surface area (Å²) in [4.78, 5) is 1.39. The zero-order valence-electron chi connectivity index (χ0n) is 11.3. The maximum absolute atomic E-state index is 13.1. The highest BCUT2D eigenvalue weighted by molar-refractivity contribution is 6.30. The number of hydrogen-bond donors (Lipinski definition) is 1. The first kappa shape index (κ1) is 16.5. The molecule has 2 N–H and O–H groups in total. The molecule has 1 aromatic carbocycles. The van der Waals surface area contributed by atoms with Gasteiger partial charge in [-0.25, -0.2) is 4.39 Å². The summed E-state index contributed by atoms with van der Waals surface area (Å²) < 4.78 is 50.1. The summed E-state index contributed by atoms with van der Waals surface area (Å²) in [6.07, 6.45) is -2.99. The van der Waals surface area contributed by atoms with Crippen LogP contribution >= 0.6 is 11.6 Å². The number of nitrogens with zero attached hydrogens (tertiary/aromatic N) is 1. The molecule has 1 aromatic rings. The molecule has 1 heterocycles. The van der Waals surface area contributed by atoms with Crippen molar-refractivity contribution >= 4 is 11.6 Å². The van der Waals surface area contributed by atoms with Gasteiger partial charge in [-0.05, 0) is 49.5 Å². The van der Waals surface area contributed by atoms with Gasteiger partial charge in [0, 0.05) is 6.04 Å². The third-order valence-electron chi connectivity index (χ3n) is 3.87. The van der Waals surface area contributed by atoms with Crippen LogP contribution < -0.4 is 5.73 Å². The standard InChI is InChI=1S/C14H17ClF4N2/c15-11-7-10(1-2-12(11)16)13(20)9-3-5-21(6-4-9)8-14(17,18)19/h1-2,7,9,13H,3-6,8,20H2. The Balaban J connectivity index is 1.93. The van der Waals surface area contributed by atoms with Crippen molar-refractivity contribution in [2.45, 2.75) is 25.1 Å². The lowest BCUT2D eigenvalue weighted by Gasteiger charge is -2.35. The van der Waals surface area contributed by atoms with Crippen molar-refractivity contribution in [2.24, 2.45) is 11.7 Å². The maximum Gasteiger partial charge on any atom is 0.401 e. The number of hydrogen-bond acceptors (Lipinski definition) is 2. The molecule has 1 aliphatic heterocycles. The summed E-state index contributed by atoms with van der Waals surface area (Å²) in [7, 11) is 0. The SMILES string of the molecule is NC(c1ccc(F)c(Cl)c1)C1CCN(CC(F)(F)F)CC1. The van der Waals surface area contributed by atoms with E-state index in [1.165, 1.54) is 17.0 Å². The second-order valence-corrected chi connectivity index (χ2v) is 5.84. The van der Waals surface area contributed by atoms with E-state index in [1.54, 1.807) is 6.07 Å². The summed E-state index contributed by atoms with van der Waals surface area (Å²) >= 11 is 5.73. The Labute approximate surface area is 125 Å². The summed E-state index contributed by atoms with van der Waals surface area (Å²) in [6, 6.07) is 3.99. The first-order valence-electron chi connectivity index (χ1n) is 6.76. The molecule has 118 valence electrons. The highest BCUT2D eigenvalue weighted by Crippen LogP contribution is 2.31. The van der Waals surface area contributed by atoms with Crippen LogP contribution in [0.25, 0.3) is 0 Å². The zero-order chi connectivity index (χ0) is 15.6. The molecule has 0 radical (unpaired) electrons. The Bertz CT molecular complexity index is 484. The number of nitrogens with two attached hydrogens (primary N) is 1. The fourth-order valence-corrected chi connectivity index (χ4v) is 2.90. The van der Waals surface area contributed by atoms with E-state index in [0.29, 0.717) is 25.9 Å². The Morgan fingerprint density at radius 2 is 1.90 bits per heavy atom. The molecular formula is C14H17ClF4N2. The van der Waals surface area contributed by atoms with Crippen molar-refractivity contribution in [1.29, 1.82) is 0 Å². The van der Waals surface area contributed by atoms with Gasteiger partial charge in [0.2, 0.25) is 0 Å². The predicted molar refractivity (Wildman–Crippen MR) is 73.6 cm³/mol. The lowest BCUT2D eigenvalue weighted by atomic mass is 9.86. The molecule has 1 fully saturated rings. The lowest BCUT2D eigenvalue weighted by molar-refractivity contribution is -0.148. The van der Waals surface area contributed by atoms with Crippen LogP contribution in [-0.2, 0) is 0 Å².